The van der Waals surface area contributed by atoms with E-state index in [1.165, 1.54) is 4.88 Å². The van der Waals surface area contributed by atoms with Crippen LogP contribution >= 0.6 is 11.3 Å². The summed E-state index contributed by atoms with van der Waals surface area (Å²) in [6.07, 6.45) is 7.26. The number of nitriles is 1. The van der Waals surface area contributed by atoms with Crippen LogP contribution in [-0.4, -0.2) is 10.9 Å². The SMILES string of the molecule is CCc1cnc(CNC(=O)C2(C#N)CCCCC2)s1. The van der Waals surface area contributed by atoms with Gasteiger partial charge in [-0.25, -0.2) is 4.98 Å². The Bertz CT molecular complexity index is 483. The summed E-state index contributed by atoms with van der Waals surface area (Å²) >= 11 is 1.62. The number of rotatable bonds is 4. The standard InChI is InChI=1S/C14H19N3OS/c1-2-11-8-16-12(19-11)9-17-13(18)14(10-15)6-4-3-5-7-14/h8H,2-7,9H2,1H3,(H,17,18). The summed E-state index contributed by atoms with van der Waals surface area (Å²) in [7, 11) is 0. The van der Waals surface area contributed by atoms with Crippen LogP contribution in [0.5, 0.6) is 0 Å². The summed E-state index contributed by atoms with van der Waals surface area (Å²) in [5.41, 5.74) is -0.802. The molecule has 2 rings (SSSR count). The molecule has 0 atom stereocenters. The van der Waals surface area contributed by atoms with Crippen LogP contribution in [0.2, 0.25) is 0 Å². The molecule has 1 amide bonds. The Morgan fingerprint density at radius 2 is 2.26 bits per heavy atom. The number of aryl methyl sites for hydroxylation is 1. The van der Waals surface area contributed by atoms with E-state index >= 15 is 0 Å². The normalized spacial score (nSPS) is 17.7. The summed E-state index contributed by atoms with van der Waals surface area (Å²) in [5, 5.41) is 13.1. The summed E-state index contributed by atoms with van der Waals surface area (Å²) < 4.78 is 0. The van der Waals surface area contributed by atoms with E-state index in [9.17, 15) is 10.1 Å². The van der Waals surface area contributed by atoms with Gasteiger partial charge < -0.3 is 5.32 Å². The summed E-state index contributed by atoms with van der Waals surface area (Å²) in [4.78, 5) is 17.7. The molecule has 1 N–H and O–H groups in total. The number of carbonyl (C=O) groups excluding carboxylic acids is 1. The zero-order valence-electron chi connectivity index (χ0n) is 11.2. The Balaban J connectivity index is 1.94. The first kappa shape index (κ1) is 14.0. The molecule has 4 nitrogen and oxygen atoms in total. The van der Waals surface area contributed by atoms with Crippen LogP contribution in [0.15, 0.2) is 6.20 Å². The first-order valence-electron chi connectivity index (χ1n) is 6.83. The molecule has 0 saturated heterocycles. The molecule has 102 valence electrons. The smallest absolute Gasteiger partial charge is 0.240 e. The first-order valence-corrected chi connectivity index (χ1v) is 7.65. The van der Waals surface area contributed by atoms with Crippen molar-refractivity contribution in [2.45, 2.75) is 52.0 Å². The van der Waals surface area contributed by atoms with Crippen LogP contribution in [0.3, 0.4) is 0 Å². The van der Waals surface area contributed by atoms with Crippen LogP contribution in [0.4, 0.5) is 0 Å². The number of hydrogen-bond donors (Lipinski definition) is 1. The van der Waals surface area contributed by atoms with Crippen LogP contribution in [-0.2, 0) is 17.8 Å². The van der Waals surface area contributed by atoms with Crippen molar-refractivity contribution in [2.75, 3.05) is 0 Å². The number of nitrogens with one attached hydrogen (secondary N) is 1. The molecule has 0 radical (unpaired) electrons. The maximum Gasteiger partial charge on any atom is 0.240 e. The van der Waals surface area contributed by atoms with E-state index in [4.69, 9.17) is 0 Å². The van der Waals surface area contributed by atoms with Gasteiger partial charge in [-0.15, -0.1) is 11.3 Å². The Morgan fingerprint density at radius 3 is 2.84 bits per heavy atom. The maximum atomic E-state index is 12.2. The molecule has 1 aromatic rings. The lowest BCUT2D eigenvalue weighted by Crippen LogP contribution is -2.41. The summed E-state index contributed by atoms with van der Waals surface area (Å²) in [6.45, 7) is 2.52. The molecule has 1 fully saturated rings. The zero-order chi connectivity index (χ0) is 13.7. The molecular weight excluding hydrogens is 258 g/mol. The van der Waals surface area contributed by atoms with Gasteiger partial charge in [-0.3, -0.25) is 4.79 Å². The van der Waals surface area contributed by atoms with Crippen molar-refractivity contribution < 1.29 is 4.79 Å². The van der Waals surface area contributed by atoms with E-state index in [2.05, 4.69) is 23.3 Å². The molecule has 1 heterocycles. The fourth-order valence-electron chi connectivity index (χ4n) is 2.46. The van der Waals surface area contributed by atoms with Gasteiger partial charge >= 0.3 is 0 Å². The monoisotopic (exact) mass is 277 g/mol. The second-order valence-electron chi connectivity index (χ2n) is 5.01. The van der Waals surface area contributed by atoms with Gasteiger partial charge in [0.05, 0.1) is 12.6 Å². The molecule has 0 unspecified atom stereocenters. The molecule has 1 aliphatic rings. The van der Waals surface area contributed by atoms with Crippen molar-refractivity contribution in [2.24, 2.45) is 5.41 Å². The zero-order valence-corrected chi connectivity index (χ0v) is 12.1. The number of amides is 1. The van der Waals surface area contributed by atoms with E-state index < -0.39 is 5.41 Å². The maximum absolute atomic E-state index is 12.2. The Morgan fingerprint density at radius 1 is 1.53 bits per heavy atom. The van der Waals surface area contributed by atoms with Crippen molar-refractivity contribution in [1.82, 2.24) is 10.3 Å². The third kappa shape index (κ3) is 3.13. The Kier molecular flexibility index (Phi) is 4.54. The van der Waals surface area contributed by atoms with E-state index in [1.807, 2.05) is 6.20 Å². The average molecular weight is 277 g/mol. The van der Waals surface area contributed by atoms with Gasteiger partial charge in [0.1, 0.15) is 10.4 Å². The van der Waals surface area contributed by atoms with Gasteiger partial charge in [0.25, 0.3) is 0 Å². The number of hydrogen-bond acceptors (Lipinski definition) is 4. The van der Waals surface area contributed by atoms with Crippen LogP contribution in [0, 0.1) is 16.7 Å². The summed E-state index contributed by atoms with van der Waals surface area (Å²) in [5.74, 6) is -0.122. The molecule has 1 aliphatic carbocycles. The molecular formula is C14H19N3OS. The minimum Gasteiger partial charge on any atom is -0.348 e. The molecule has 19 heavy (non-hydrogen) atoms. The van der Waals surface area contributed by atoms with Gasteiger partial charge in [0.15, 0.2) is 0 Å². The van der Waals surface area contributed by atoms with Crippen LogP contribution < -0.4 is 5.32 Å². The highest BCUT2D eigenvalue weighted by Gasteiger charge is 2.39. The number of thiazole rings is 1. The molecule has 5 heteroatoms. The van der Waals surface area contributed by atoms with Gasteiger partial charge in [-0.05, 0) is 19.3 Å². The van der Waals surface area contributed by atoms with Crippen molar-refractivity contribution in [3.63, 3.8) is 0 Å². The minimum atomic E-state index is -0.802. The lowest BCUT2D eigenvalue weighted by atomic mass is 9.74. The van der Waals surface area contributed by atoms with Gasteiger partial charge in [0.2, 0.25) is 5.91 Å². The molecule has 0 spiro atoms. The predicted molar refractivity (Wildman–Crippen MR) is 74.5 cm³/mol. The molecule has 0 aliphatic heterocycles. The lowest BCUT2D eigenvalue weighted by Gasteiger charge is -2.28. The highest BCUT2D eigenvalue weighted by atomic mass is 32.1. The highest BCUT2D eigenvalue weighted by Crippen LogP contribution is 2.35. The van der Waals surface area contributed by atoms with Crippen molar-refractivity contribution in [3.05, 3.63) is 16.1 Å². The molecule has 1 aromatic heterocycles. The largest absolute Gasteiger partial charge is 0.348 e. The van der Waals surface area contributed by atoms with Crippen molar-refractivity contribution >= 4 is 17.2 Å². The first-order chi connectivity index (χ1) is 9.20. The van der Waals surface area contributed by atoms with E-state index in [-0.39, 0.29) is 5.91 Å². The van der Waals surface area contributed by atoms with Crippen LogP contribution in [0.25, 0.3) is 0 Å². The second-order valence-corrected chi connectivity index (χ2v) is 6.21. The van der Waals surface area contributed by atoms with Gasteiger partial charge in [-0.1, -0.05) is 26.2 Å². The molecule has 0 bridgehead atoms. The van der Waals surface area contributed by atoms with Crippen molar-refractivity contribution in [3.8, 4) is 6.07 Å². The third-order valence-corrected chi connectivity index (χ3v) is 4.85. The number of aromatic nitrogens is 1. The fourth-order valence-corrected chi connectivity index (χ4v) is 3.27. The predicted octanol–water partition coefficient (Wildman–Crippen LogP) is 2.80. The van der Waals surface area contributed by atoms with Crippen molar-refractivity contribution in [1.29, 1.82) is 5.26 Å². The summed E-state index contributed by atoms with van der Waals surface area (Å²) in [6, 6.07) is 2.24. The third-order valence-electron chi connectivity index (χ3n) is 3.71. The second kappa shape index (κ2) is 6.16. The fraction of sp³-hybridized carbons (Fsp3) is 0.643. The average Bonchev–Trinajstić information content (AvgIpc) is 2.93. The Hall–Kier alpha value is -1.41. The minimum absolute atomic E-state index is 0.122. The highest BCUT2D eigenvalue weighted by molar-refractivity contribution is 7.11. The number of carbonyl (C=O) groups is 1. The van der Waals surface area contributed by atoms with E-state index in [0.717, 1.165) is 30.7 Å². The topological polar surface area (TPSA) is 65.8 Å². The quantitative estimate of drug-likeness (QED) is 0.920. The Labute approximate surface area is 117 Å². The molecule has 0 aromatic carbocycles. The molecule has 1 saturated carbocycles. The van der Waals surface area contributed by atoms with E-state index in [0.29, 0.717) is 19.4 Å². The lowest BCUT2D eigenvalue weighted by molar-refractivity contribution is -0.129. The van der Waals surface area contributed by atoms with Gasteiger partial charge in [-0.2, -0.15) is 5.26 Å². The number of nitrogens with zero attached hydrogens (tertiary/aromatic N) is 2. The van der Waals surface area contributed by atoms with E-state index in [1.54, 1.807) is 11.3 Å². The van der Waals surface area contributed by atoms with Crippen LogP contribution in [0.1, 0.15) is 48.9 Å². The van der Waals surface area contributed by atoms with Gasteiger partial charge in [0, 0.05) is 11.1 Å².